The summed E-state index contributed by atoms with van der Waals surface area (Å²) in [5.74, 6) is 0.0637. The number of nitrogens with zero attached hydrogens (tertiary/aromatic N) is 1. The molecule has 1 aliphatic rings. The van der Waals surface area contributed by atoms with Crippen LogP contribution in [0.4, 0.5) is 4.79 Å². The molecule has 74 valence electrons. The van der Waals surface area contributed by atoms with Crippen LogP contribution in [0.1, 0.15) is 19.8 Å². The molecule has 2 amide bonds. The number of carbonyl (C=O) groups is 2. The Morgan fingerprint density at radius 2 is 1.92 bits per heavy atom. The van der Waals surface area contributed by atoms with Crippen molar-refractivity contribution < 1.29 is 14.7 Å². The Balaban J connectivity index is 2.30. The van der Waals surface area contributed by atoms with Crippen LogP contribution < -0.4 is 5.32 Å². The second kappa shape index (κ2) is 4.11. The third kappa shape index (κ3) is 2.93. The Kier molecular flexibility index (Phi) is 3.11. The quantitative estimate of drug-likeness (QED) is 0.617. The number of rotatable bonds is 1. The third-order valence-corrected chi connectivity index (χ3v) is 2.27. The molecule has 0 atom stereocenters. The SMILES string of the molecule is CC(=O)N1CCC(NC(=O)O)CC1. The largest absolute Gasteiger partial charge is 0.465 e. The second-order valence-corrected chi connectivity index (χ2v) is 3.23. The highest BCUT2D eigenvalue weighted by molar-refractivity contribution is 5.73. The van der Waals surface area contributed by atoms with E-state index in [2.05, 4.69) is 5.32 Å². The monoisotopic (exact) mass is 186 g/mol. The first kappa shape index (κ1) is 9.83. The molecule has 1 fully saturated rings. The molecule has 0 aromatic heterocycles. The minimum atomic E-state index is -0.985. The van der Waals surface area contributed by atoms with Crippen molar-refractivity contribution in [3.63, 3.8) is 0 Å². The molecule has 13 heavy (non-hydrogen) atoms. The molecule has 2 N–H and O–H groups in total. The van der Waals surface area contributed by atoms with Crippen molar-refractivity contribution in [3.8, 4) is 0 Å². The zero-order chi connectivity index (χ0) is 9.84. The average Bonchev–Trinajstić information content (AvgIpc) is 2.04. The fourth-order valence-corrected chi connectivity index (χ4v) is 1.51. The fourth-order valence-electron chi connectivity index (χ4n) is 1.51. The lowest BCUT2D eigenvalue weighted by molar-refractivity contribution is -0.129. The summed E-state index contributed by atoms with van der Waals surface area (Å²) < 4.78 is 0. The molecule has 0 unspecified atom stereocenters. The van der Waals surface area contributed by atoms with Gasteiger partial charge in [0.15, 0.2) is 0 Å². The number of carbonyl (C=O) groups excluding carboxylic acids is 1. The van der Waals surface area contributed by atoms with Gasteiger partial charge in [-0.15, -0.1) is 0 Å². The van der Waals surface area contributed by atoms with E-state index >= 15 is 0 Å². The van der Waals surface area contributed by atoms with Crippen molar-refractivity contribution >= 4 is 12.0 Å². The molecule has 0 spiro atoms. The molecule has 0 saturated carbocycles. The van der Waals surface area contributed by atoms with E-state index in [1.165, 1.54) is 6.92 Å². The highest BCUT2D eigenvalue weighted by Crippen LogP contribution is 2.09. The van der Waals surface area contributed by atoms with Crippen LogP contribution in [0.5, 0.6) is 0 Å². The van der Waals surface area contributed by atoms with E-state index in [1.807, 2.05) is 0 Å². The van der Waals surface area contributed by atoms with Crippen LogP contribution in [-0.4, -0.2) is 41.1 Å². The van der Waals surface area contributed by atoms with Gasteiger partial charge in [0.2, 0.25) is 5.91 Å². The summed E-state index contributed by atoms with van der Waals surface area (Å²) >= 11 is 0. The number of carboxylic acid groups (broad SMARTS) is 1. The number of hydrogen-bond acceptors (Lipinski definition) is 2. The first-order valence-electron chi connectivity index (χ1n) is 4.34. The Bertz CT molecular complexity index is 209. The van der Waals surface area contributed by atoms with Gasteiger partial charge >= 0.3 is 6.09 Å². The summed E-state index contributed by atoms with van der Waals surface area (Å²) in [4.78, 5) is 22.9. The van der Waals surface area contributed by atoms with Crippen LogP contribution in [0, 0.1) is 0 Å². The Hall–Kier alpha value is -1.26. The highest BCUT2D eigenvalue weighted by atomic mass is 16.4. The van der Waals surface area contributed by atoms with Gasteiger partial charge in [0.1, 0.15) is 0 Å². The minimum absolute atomic E-state index is 0.00750. The molecular formula is C8H14N2O3. The zero-order valence-electron chi connectivity index (χ0n) is 7.62. The van der Waals surface area contributed by atoms with Gasteiger partial charge in [-0.2, -0.15) is 0 Å². The third-order valence-electron chi connectivity index (χ3n) is 2.27. The Morgan fingerprint density at radius 1 is 1.38 bits per heavy atom. The Morgan fingerprint density at radius 3 is 2.31 bits per heavy atom. The maximum absolute atomic E-state index is 10.9. The molecule has 0 aliphatic carbocycles. The van der Waals surface area contributed by atoms with E-state index in [0.717, 1.165) is 0 Å². The molecule has 5 nitrogen and oxygen atoms in total. The van der Waals surface area contributed by atoms with Gasteiger partial charge < -0.3 is 15.3 Å². The minimum Gasteiger partial charge on any atom is -0.465 e. The van der Waals surface area contributed by atoms with Crippen LogP contribution in [0.25, 0.3) is 0 Å². The van der Waals surface area contributed by atoms with Crippen LogP contribution in [0.3, 0.4) is 0 Å². The van der Waals surface area contributed by atoms with Crippen LogP contribution in [-0.2, 0) is 4.79 Å². The van der Waals surface area contributed by atoms with E-state index in [9.17, 15) is 9.59 Å². The molecular weight excluding hydrogens is 172 g/mol. The predicted molar refractivity (Wildman–Crippen MR) is 46.4 cm³/mol. The van der Waals surface area contributed by atoms with E-state index in [0.29, 0.717) is 25.9 Å². The molecule has 0 radical (unpaired) electrons. The lowest BCUT2D eigenvalue weighted by atomic mass is 10.1. The maximum atomic E-state index is 10.9. The average molecular weight is 186 g/mol. The topological polar surface area (TPSA) is 69.6 Å². The van der Waals surface area contributed by atoms with Gasteiger partial charge in [-0.3, -0.25) is 4.79 Å². The number of amides is 2. The first-order valence-corrected chi connectivity index (χ1v) is 4.34. The van der Waals surface area contributed by atoms with E-state index in [4.69, 9.17) is 5.11 Å². The zero-order valence-corrected chi connectivity index (χ0v) is 7.62. The summed E-state index contributed by atoms with van der Waals surface area (Å²) in [6.45, 7) is 2.84. The van der Waals surface area contributed by atoms with Crippen molar-refractivity contribution in [1.29, 1.82) is 0 Å². The molecule has 1 rings (SSSR count). The normalized spacial score (nSPS) is 18.4. The number of hydrogen-bond donors (Lipinski definition) is 2. The molecule has 1 saturated heterocycles. The first-order chi connectivity index (χ1) is 6.09. The van der Waals surface area contributed by atoms with E-state index < -0.39 is 6.09 Å². The fraction of sp³-hybridized carbons (Fsp3) is 0.750. The highest BCUT2D eigenvalue weighted by Gasteiger charge is 2.21. The van der Waals surface area contributed by atoms with Gasteiger partial charge in [-0.25, -0.2) is 4.79 Å². The molecule has 1 aliphatic heterocycles. The molecule has 5 heteroatoms. The molecule has 0 bridgehead atoms. The number of likely N-dealkylation sites (tertiary alicyclic amines) is 1. The number of piperidine rings is 1. The number of nitrogens with one attached hydrogen (secondary N) is 1. The van der Waals surface area contributed by atoms with Crippen LogP contribution in [0.15, 0.2) is 0 Å². The van der Waals surface area contributed by atoms with Gasteiger partial charge in [-0.1, -0.05) is 0 Å². The summed E-state index contributed by atoms with van der Waals surface area (Å²) in [6.07, 6.45) is 0.443. The van der Waals surface area contributed by atoms with Gasteiger partial charge in [0.25, 0.3) is 0 Å². The predicted octanol–water partition coefficient (Wildman–Crippen LogP) is 0.265. The summed E-state index contributed by atoms with van der Waals surface area (Å²) in [6, 6.07) is 0.00750. The Labute approximate surface area is 76.7 Å². The van der Waals surface area contributed by atoms with Gasteiger partial charge in [0.05, 0.1) is 0 Å². The van der Waals surface area contributed by atoms with Gasteiger partial charge in [-0.05, 0) is 12.8 Å². The van der Waals surface area contributed by atoms with Crippen LogP contribution in [0.2, 0.25) is 0 Å². The van der Waals surface area contributed by atoms with Crippen molar-refractivity contribution in [2.75, 3.05) is 13.1 Å². The second-order valence-electron chi connectivity index (χ2n) is 3.23. The lowest BCUT2D eigenvalue weighted by Gasteiger charge is -2.30. The van der Waals surface area contributed by atoms with Crippen molar-refractivity contribution in [1.82, 2.24) is 10.2 Å². The van der Waals surface area contributed by atoms with Crippen molar-refractivity contribution in [3.05, 3.63) is 0 Å². The van der Waals surface area contributed by atoms with E-state index in [1.54, 1.807) is 4.90 Å². The standard InChI is InChI=1S/C8H14N2O3/c1-6(11)10-4-2-7(3-5-10)9-8(12)13/h7,9H,2-5H2,1H3,(H,12,13). The van der Waals surface area contributed by atoms with E-state index in [-0.39, 0.29) is 11.9 Å². The molecule has 0 aromatic carbocycles. The lowest BCUT2D eigenvalue weighted by Crippen LogP contribution is -2.45. The summed E-state index contributed by atoms with van der Waals surface area (Å²) in [5, 5.41) is 10.9. The van der Waals surface area contributed by atoms with Crippen LogP contribution >= 0.6 is 0 Å². The van der Waals surface area contributed by atoms with Crippen molar-refractivity contribution in [2.24, 2.45) is 0 Å². The molecule has 0 aromatic rings. The summed E-state index contributed by atoms with van der Waals surface area (Å²) in [7, 11) is 0. The maximum Gasteiger partial charge on any atom is 0.404 e. The summed E-state index contributed by atoms with van der Waals surface area (Å²) in [5.41, 5.74) is 0. The van der Waals surface area contributed by atoms with Gasteiger partial charge in [0, 0.05) is 26.1 Å². The smallest absolute Gasteiger partial charge is 0.404 e. The molecule has 1 heterocycles. The van der Waals surface area contributed by atoms with Crippen molar-refractivity contribution in [2.45, 2.75) is 25.8 Å².